The maximum absolute atomic E-state index is 12.1. The van der Waals surface area contributed by atoms with Gasteiger partial charge in [0.15, 0.2) is 0 Å². The van der Waals surface area contributed by atoms with Gasteiger partial charge < -0.3 is 20.3 Å². The minimum atomic E-state index is -0.764. The summed E-state index contributed by atoms with van der Waals surface area (Å²) < 4.78 is 5.12. The molecular formula is C16H27N3O3. The van der Waals surface area contributed by atoms with Gasteiger partial charge in [-0.2, -0.15) is 0 Å². The number of aryl methyl sites for hydroxylation is 2. The highest BCUT2D eigenvalue weighted by atomic mass is 16.5. The highest BCUT2D eigenvalue weighted by Crippen LogP contribution is 2.26. The zero-order chi connectivity index (χ0) is 16.2. The standard InChI is InChI=1S/C16H27N3O3/c1-11(14-12(2)19-22-13(14)3)18-15(20)17-10-16(21)8-6-4-5-7-9-16/h11,21H,4-10H2,1-3H3,(H2,17,18,20). The van der Waals surface area contributed by atoms with Gasteiger partial charge in [0, 0.05) is 12.1 Å². The fourth-order valence-electron chi connectivity index (χ4n) is 3.24. The molecule has 0 aliphatic heterocycles. The van der Waals surface area contributed by atoms with Crippen molar-refractivity contribution >= 4 is 6.03 Å². The van der Waals surface area contributed by atoms with E-state index in [2.05, 4.69) is 15.8 Å². The second kappa shape index (κ2) is 7.13. The smallest absolute Gasteiger partial charge is 0.315 e. The lowest BCUT2D eigenvalue weighted by atomic mass is 9.94. The van der Waals surface area contributed by atoms with E-state index in [4.69, 9.17) is 4.52 Å². The normalized spacial score (nSPS) is 19.3. The molecule has 1 unspecified atom stereocenters. The molecule has 0 bridgehead atoms. The average Bonchev–Trinajstić information content (AvgIpc) is 2.67. The molecule has 1 aliphatic rings. The van der Waals surface area contributed by atoms with E-state index in [0.29, 0.717) is 12.3 Å². The summed E-state index contributed by atoms with van der Waals surface area (Å²) in [5.74, 6) is 0.715. The van der Waals surface area contributed by atoms with Crippen molar-refractivity contribution in [3.63, 3.8) is 0 Å². The second-order valence-electron chi connectivity index (χ2n) is 6.43. The number of amides is 2. The predicted molar refractivity (Wildman–Crippen MR) is 83.6 cm³/mol. The summed E-state index contributed by atoms with van der Waals surface area (Å²) in [6.45, 7) is 5.88. The van der Waals surface area contributed by atoms with Crippen LogP contribution in [-0.4, -0.2) is 28.4 Å². The maximum atomic E-state index is 12.1. The van der Waals surface area contributed by atoms with Crippen LogP contribution in [0.1, 0.15) is 68.5 Å². The van der Waals surface area contributed by atoms with Crippen LogP contribution in [0, 0.1) is 13.8 Å². The Morgan fingerprint density at radius 2 is 1.95 bits per heavy atom. The Morgan fingerprint density at radius 1 is 1.32 bits per heavy atom. The number of nitrogens with one attached hydrogen (secondary N) is 2. The van der Waals surface area contributed by atoms with Crippen molar-refractivity contribution in [1.82, 2.24) is 15.8 Å². The number of hydrogen-bond acceptors (Lipinski definition) is 4. The van der Waals surface area contributed by atoms with E-state index in [1.807, 2.05) is 20.8 Å². The van der Waals surface area contributed by atoms with Crippen LogP contribution in [0.2, 0.25) is 0 Å². The number of aromatic nitrogens is 1. The van der Waals surface area contributed by atoms with Crippen molar-refractivity contribution < 1.29 is 14.4 Å². The first-order valence-electron chi connectivity index (χ1n) is 8.11. The third kappa shape index (κ3) is 4.22. The molecule has 0 radical (unpaired) electrons. The lowest BCUT2D eigenvalue weighted by Crippen LogP contribution is -2.46. The molecule has 1 saturated carbocycles. The molecule has 1 fully saturated rings. The molecule has 3 N–H and O–H groups in total. The Labute approximate surface area is 131 Å². The Kier molecular flexibility index (Phi) is 5.45. The number of rotatable bonds is 4. The van der Waals surface area contributed by atoms with Crippen LogP contribution < -0.4 is 10.6 Å². The second-order valence-corrected chi connectivity index (χ2v) is 6.43. The van der Waals surface area contributed by atoms with Crippen LogP contribution in [0.3, 0.4) is 0 Å². The first-order chi connectivity index (χ1) is 10.4. The predicted octanol–water partition coefficient (Wildman–Crippen LogP) is 2.74. The number of carbonyl (C=O) groups excluding carboxylic acids is 1. The van der Waals surface area contributed by atoms with E-state index >= 15 is 0 Å². The van der Waals surface area contributed by atoms with Gasteiger partial charge in [0.2, 0.25) is 0 Å². The lowest BCUT2D eigenvalue weighted by Gasteiger charge is -2.27. The van der Waals surface area contributed by atoms with Gasteiger partial charge in [-0.15, -0.1) is 0 Å². The fraction of sp³-hybridized carbons (Fsp3) is 0.750. The fourth-order valence-corrected chi connectivity index (χ4v) is 3.24. The first-order valence-corrected chi connectivity index (χ1v) is 8.11. The molecule has 0 spiro atoms. The Hall–Kier alpha value is -1.56. The molecule has 0 aromatic carbocycles. The molecule has 0 saturated heterocycles. The van der Waals surface area contributed by atoms with Crippen molar-refractivity contribution in [3.05, 3.63) is 17.0 Å². The molecule has 124 valence electrons. The van der Waals surface area contributed by atoms with Crippen molar-refractivity contribution in [2.75, 3.05) is 6.54 Å². The van der Waals surface area contributed by atoms with Gasteiger partial charge in [-0.05, 0) is 33.6 Å². The van der Waals surface area contributed by atoms with Crippen LogP contribution in [0.4, 0.5) is 4.79 Å². The van der Waals surface area contributed by atoms with E-state index in [0.717, 1.165) is 49.8 Å². The highest BCUT2D eigenvalue weighted by Gasteiger charge is 2.28. The number of urea groups is 1. The molecule has 6 heteroatoms. The van der Waals surface area contributed by atoms with Gasteiger partial charge in [0.1, 0.15) is 5.76 Å². The largest absolute Gasteiger partial charge is 0.388 e. The van der Waals surface area contributed by atoms with E-state index < -0.39 is 5.60 Å². The lowest BCUT2D eigenvalue weighted by molar-refractivity contribution is 0.0276. The van der Waals surface area contributed by atoms with Crippen LogP contribution in [-0.2, 0) is 0 Å². The molecular weight excluding hydrogens is 282 g/mol. The molecule has 22 heavy (non-hydrogen) atoms. The molecule has 1 atom stereocenters. The number of hydrogen-bond donors (Lipinski definition) is 3. The van der Waals surface area contributed by atoms with Crippen molar-refractivity contribution in [2.24, 2.45) is 0 Å². The minimum absolute atomic E-state index is 0.185. The Balaban J connectivity index is 1.85. The molecule has 2 rings (SSSR count). The first kappa shape index (κ1) is 16.8. The summed E-state index contributed by atoms with van der Waals surface area (Å²) in [5.41, 5.74) is 0.927. The van der Waals surface area contributed by atoms with E-state index in [9.17, 15) is 9.90 Å². The summed E-state index contributed by atoms with van der Waals surface area (Å²) in [5, 5.41) is 20.1. The zero-order valence-electron chi connectivity index (χ0n) is 13.7. The van der Waals surface area contributed by atoms with Crippen LogP contribution >= 0.6 is 0 Å². The van der Waals surface area contributed by atoms with Crippen LogP contribution in [0.15, 0.2) is 4.52 Å². The van der Waals surface area contributed by atoms with Gasteiger partial charge in [-0.3, -0.25) is 0 Å². The van der Waals surface area contributed by atoms with Crippen LogP contribution in [0.25, 0.3) is 0 Å². The third-order valence-corrected chi connectivity index (χ3v) is 4.48. The van der Waals surface area contributed by atoms with Gasteiger partial charge in [0.25, 0.3) is 0 Å². The molecule has 2 amide bonds. The van der Waals surface area contributed by atoms with Gasteiger partial charge in [-0.25, -0.2) is 4.79 Å². The molecule has 1 aliphatic carbocycles. The van der Waals surface area contributed by atoms with Crippen molar-refractivity contribution in [1.29, 1.82) is 0 Å². The zero-order valence-corrected chi connectivity index (χ0v) is 13.7. The van der Waals surface area contributed by atoms with Crippen LogP contribution in [0.5, 0.6) is 0 Å². The van der Waals surface area contributed by atoms with Crippen molar-refractivity contribution in [2.45, 2.75) is 70.9 Å². The molecule has 1 aromatic rings. The quantitative estimate of drug-likeness (QED) is 0.746. The monoisotopic (exact) mass is 309 g/mol. The maximum Gasteiger partial charge on any atom is 0.315 e. The van der Waals surface area contributed by atoms with Gasteiger partial charge >= 0.3 is 6.03 Å². The van der Waals surface area contributed by atoms with E-state index in [1.54, 1.807) is 0 Å². The van der Waals surface area contributed by atoms with Gasteiger partial charge in [-0.1, -0.05) is 30.8 Å². The molecule has 6 nitrogen and oxygen atoms in total. The topological polar surface area (TPSA) is 87.4 Å². The Morgan fingerprint density at radius 3 is 2.50 bits per heavy atom. The molecule has 1 heterocycles. The average molecular weight is 309 g/mol. The summed E-state index contributed by atoms with van der Waals surface area (Å²) in [6.07, 6.45) is 5.89. The SMILES string of the molecule is Cc1noc(C)c1C(C)NC(=O)NCC1(O)CCCCCC1. The van der Waals surface area contributed by atoms with Crippen molar-refractivity contribution in [3.8, 4) is 0 Å². The molecule has 1 aromatic heterocycles. The summed E-state index contributed by atoms with van der Waals surface area (Å²) in [6, 6.07) is -0.458. The summed E-state index contributed by atoms with van der Waals surface area (Å²) in [4.78, 5) is 12.1. The van der Waals surface area contributed by atoms with Gasteiger partial charge in [0.05, 0.1) is 17.3 Å². The highest BCUT2D eigenvalue weighted by molar-refractivity contribution is 5.74. The number of aliphatic hydroxyl groups is 1. The number of nitrogens with zero attached hydrogens (tertiary/aromatic N) is 1. The minimum Gasteiger partial charge on any atom is -0.388 e. The third-order valence-electron chi connectivity index (χ3n) is 4.48. The summed E-state index contributed by atoms with van der Waals surface area (Å²) in [7, 11) is 0. The van der Waals surface area contributed by atoms with E-state index in [-0.39, 0.29) is 12.1 Å². The number of carbonyl (C=O) groups is 1. The summed E-state index contributed by atoms with van der Waals surface area (Å²) >= 11 is 0. The van der Waals surface area contributed by atoms with E-state index in [1.165, 1.54) is 0 Å². The Bertz CT molecular complexity index is 485.